The highest BCUT2D eigenvalue weighted by Crippen LogP contribution is 2.27. The van der Waals surface area contributed by atoms with Crippen molar-refractivity contribution in [3.05, 3.63) is 116 Å². The van der Waals surface area contributed by atoms with Crippen molar-refractivity contribution < 1.29 is 0 Å². The predicted molar refractivity (Wildman–Crippen MR) is 152 cm³/mol. The quantitative estimate of drug-likeness (QED) is 0.341. The first-order chi connectivity index (χ1) is 18.2. The van der Waals surface area contributed by atoms with Crippen LogP contribution in [-0.2, 0) is 0 Å². The van der Waals surface area contributed by atoms with Crippen molar-refractivity contribution in [1.82, 2.24) is 24.3 Å². The van der Waals surface area contributed by atoms with Gasteiger partial charge in [-0.15, -0.1) is 0 Å². The first-order valence-electron chi connectivity index (χ1n) is 12.5. The highest BCUT2D eigenvalue weighted by atomic mass is 16.2. The lowest BCUT2D eigenvalue weighted by Gasteiger charge is -2.12. The number of aryl methyl sites for hydroxylation is 5. The molecule has 3 aromatic heterocycles. The van der Waals surface area contributed by atoms with E-state index >= 15 is 0 Å². The molecule has 0 bridgehead atoms. The molecule has 0 atom stereocenters. The van der Waals surface area contributed by atoms with E-state index in [2.05, 4.69) is 47.1 Å². The Kier molecular flexibility index (Phi) is 5.38. The number of H-pyrrole nitrogens is 1. The Bertz CT molecular complexity index is 2010. The maximum absolute atomic E-state index is 13.9. The van der Waals surface area contributed by atoms with Crippen LogP contribution >= 0.6 is 0 Å². The van der Waals surface area contributed by atoms with Gasteiger partial charge < -0.3 is 4.98 Å². The van der Waals surface area contributed by atoms with Gasteiger partial charge in [0.25, 0.3) is 5.56 Å². The molecule has 6 rings (SSSR count). The van der Waals surface area contributed by atoms with Crippen LogP contribution in [0.15, 0.2) is 76.4 Å². The van der Waals surface area contributed by atoms with Crippen LogP contribution in [0, 0.1) is 34.6 Å². The standard InChI is InChI=1S/C31H27N5O2/c1-17-8-6-7-9-25(17)22-10-11-27(32-16-22)35-30(37)29-28(33-31(35)38)21(5)34-36(29)26-15-24-13-19(3)18(2)12-23(24)14-20(26)4/h6-16H,1-5H3,(H,33,38). The third kappa shape index (κ3) is 3.66. The molecule has 0 spiro atoms. The summed E-state index contributed by atoms with van der Waals surface area (Å²) in [6.45, 7) is 10.0. The molecule has 188 valence electrons. The van der Waals surface area contributed by atoms with Crippen molar-refractivity contribution in [1.29, 1.82) is 0 Å². The van der Waals surface area contributed by atoms with Gasteiger partial charge in [-0.3, -0.25) is 4.79 Å². The van der Waals surface area contributed by atoms with Crippen LogP contribution in [-0.4, -0.2) is 24.3 Å². The Morgan fingerprint density at radius 3 is 2.13 bits per heavy atom. The zero-order valence-corrected chi connectivity index (χ0v) is 22.0. The van der Waals surface area contributed by atoms with Gasteiger partial charge in [-0.05, 0) is 97.5 Å². The molecule has 0 fully saturated rings. The summed E-state index contributed by atoms with van der Waals surface area (Å²) < 4.78 is 2.72. The summed E-state index contributed by atoms with van der Waals surface area (Å²) in [6.07, 6.45) is 1.69. The lowest BCUT2D eigenvalue weighted by atomic mass is 10.00. The minimum absolute atomic E-state index is 0.252. The average Bonchev–Trinajstić information content (AvgIpc) is 3.21. The van der Waals surface area contributed by atoms with E-state index in [0.29, 0.717) is 16.7 Å². The summed E-state index contributed by atoms with van der Waals surface area (Å²) in [4.78, 5) is 34.3. The molecule has 3 aromatic carbocycles. The van der Waals surface area contributed by atoms with E-state index in [4.69, 9.17) is 0 Å². The first-order valence-corrected chi connectivity index (χ1v) is 12.5. The number of aromatic nitrogens is 5. The largest absolute Gasteiger partial charge is 0.334 e. The minimum atomic E-state index is -0.553. The van der Waals surface area contributed by atoms with Crippen LogP contribution in [0.1, 0.15) is 27.9 Å². The number of nitrogens with zero attached hydrogens (tertiary/aromatic N) is 4. The van der Waals surface area contributed by atoms with E-state index in [1.165, 1.54) is 11.1 Å². The summed E-state index contributed by atoms with van der Waals surface area (Å²) in [5.41, 5.74) is 7.54. The van der Waals surface area contributed by atoms with Crippen LogP contribution in [0.2, 0.25) is 0 Å². The van der Waals surface area contributed by atoms with Crippen molar-refractivity contribution in [2.75, 3.05) is 0 Å². The van der Waals surface area contributed by atoms with Crippen LogP contribution in [0.5, 0.6) is 0 Å². The molecule has 7 heteroatoms. The van der Waals surface area contributed by atoms with Crippen LogP contribution < -0.4 is 11.2 Å². The minimum Gasteiger partial charge on any atom is -0.303 e. The molecule has 0 aliphatic carbocycles. The van der Waals surface area contributed by atoms with Crippen LogP contribution in [0.25, 0.3) is 44.4 Å². The molecule has 0 radical (unpaired) electrons. The third-order valence-corrected chi connectivity index (χ3v) is 7.33. The first kappa shape index (κ1) is 23.6. The number of pyridine rings is 1. The lowest BCUT2D eigenvalue weighted by Crippen LogP contribution is -2.35. The van der Waals surface area contributed by atoms with E-state index < -0.39 is 11.2 Å². The fourth-order valence-corrected chi connectivity index (χ4v) is 5.10. The summed E-state index contributed by atoms with van der Waals surface area (Å²) in [7, 11) is 0. The summed E-state index contributed by atoms with van der Waals surface area (Å²) in [5, 5.41) is 6.87. The van der Waals surface area contributed by atoms with Gasteiger partial charge in [0.2, 0.25) is 0 Å². The molecule has 38 heavy (non-hydrogen) atoms. The lowest BCUT2D eigenvalue weighted by molar-refractivity contribution is 0.842. The summed E-state index contributed by atoms with van der Waals surface area (Å²) in [6, 6.07) is 20.1. The fourth-order valence-electron chi connectivity index (χ4n) is 5.10. The van der Waals surface area contributed by atoms with Gasteiger partial charge in [-0.1, -0.05) is 36.4 Å². The van der Waals surface area contributed by atoms with E-state index in [9.17, 15) is 9.59 Å². The number of benzene rings is 3. The SMILES string of the molecule is Cc1cc2cc(C)c(-n3nc(C)c4[nH]c(=O)n(-c5ccc(-c6ccccc6C)cn5)c(=O)c43)cc2cc1C. The highest BCUT2D eigenvalue weighted by Gasteiger charge is 2.20. The van der Waals surface area contributed by atoms with Crippen LogP contribution in [0.4, 0.5) is 0 Å². The Morgan fingerprint density at radius 1 is 0.763 bits per heavy atom. The van der Waals surface area contributed by atoms with Crippen LogP contribution in [0.3, 0.4) is 0 Å². The fraction of sp³-hybridized carbons (Fsp3) is 0.161. The topological polar surface area (TPSA) is 85.6 Å². The van der Waals surface area contributed by atoms with Gasteiger partial charge in [-0.2, -0.15) is 5.10 Å². The molecule has 7 nitrogen and oxygen atoms in total. The average molecular weight is 502 g/mol. The zero-order valence-electron chi connectivity index (χ0n) is 22.0. The molecule has 3 heterocycles. The molecule has 1 N–H and O–H groups in total. The Balaban J connectivity index is 1.55. The maximum atomic E-state index is 13.9. The second-order valence-corrected chi connectivity index (χ2v) is 9.93. The number of hydrogen-bond donors (Lipinski definition) is 1. The van der Waals surface area contributed by atoms with Gasteiger partial charge in [0.05, 0.1) is 16.9 Å². The van der Waals surface area contributed by atoms with E-state index in [0.717, 1.165) is 43.3 Å². The van der Waals surface area contributed by atoms with E-state index in [-0.39, 0.29) is 5.82 Å². The van der Waals surface area contributed by atoms with E-state index in [1.54, 1.807) is 23.9 Å². The molecule has 0 amide bonds. The molecule has 0 saturated carbocycles. The zero-order chi connectivity index (χ0) is 26.7. The maximum Gasteiger partial charge on any atom is 0.334 e. The Morgan fingerprint density at radius 2 is 1.45 bits per heavy atom. The van der Waals surface area contributed by atoms with Gasteiger partial charge in [0, 0.05) is 11.8 Å². The van der Waals surface area contributed by atoms with Crippen molar-refractivity contribution in [2.45, 2.75) is 34.6 Å². The van der Waals surface area contributed by atoms with Crippen molar-refractivity contribution >= 4 is 21.8 Å². The molecule has 0 aliphatic rings. The van der Waals surface area contributed by atoms with Crippen molar-refractivity contribution in [2.24, 2.45) is 0 Å². The van der Waals surface area contributed by atoms with Gasteiger partial charge in [0.15, 0.2) is 5.52 Å². The highest BCUT2D eigenvalue weighted by molar-refractivity contribution is 5.88. The second kappa shape index (κ2) is 8.66. The number of fused-ring (bicyclic) bond motifs is 2. The van der Waals surface area contributed by atoms with Gasteiger partial charge in [0.1, 0.15) is 5.82 Å². The third-order valence-electron chi connectivity index (χ3n) is 7.33. The number of nitrogens with one attached hydrogen (secondary N) is 1. The monoisotopic (exact) mass is 501 g/mol. The van der Waals surface area contributed by atoms with Crippen molar-refractivity contribution in [3.8, 4) is 22.6 Å². The van der Waals surface area contributed by atoms with Gasteiger partial charge >= 0.3 is 5.69 Å². The predicted octanol–water partition coefficient (Wildman–Crippen LogP) is 5.62. The van der Waals surface area contributed by atoms with E-state index in [1.807, 2.05) is 50.2 Å². The van der Waals surface area contributed by atoms with Crippen molar-refractivity contribution in [3.63, 3.8) is 0 Å². The molecular weight excluding hydrogens is 474 g/mol. The molecule has 6 aromatic rings. The molecule has 0 unspecified atom stereocenters. The molecule has 0 aliphatic heterocycles. The normalized spacial score (nSPS) is 11.5. The smallest absolute Gasteiger partial charge is 0.303 e. The number of rotatable bonds is 3. The Hall–Kier alpha value is -4.78. The summed E-state index contributed by atoms with van der Waals surface area (Å²) >= 11 is 0. The molecule has 0 saturated heterocycles. The molecular formula is C31H27N5O2. The summed E-state index contributed by atoms with van der Waals surface area (Å²) in [5.74, 6) is 0.252. The van der Waals surface area contributed by atoms with Gasteiger partial charge in [-0.25, -0.2) is 19.0 Å². The number of hydrogen-bond acceptors (Lipinski definition) is 4. The second-order valence-electron chi connectivity index (χ2n) is 9.93. The Labute approximate surface area is 219 Å². The number of aromatic amines is 1.